The fourth-order valence-electron chi connectivity index (χ4n) is 3.12. The zero-order chi connectivity index (χ0) is 13.9. The van der Waals surface area contributed by atoms with Crippen LogP contribution < -0.4 is 5.32 Å². The van der Waals surface area contributed by atoms with Crippen LogP contribution in [0.3, 0.4) is 0 Å². The van der Waals surface area contributed by atoms with Crippen molar-refractivity contribution >= 4 is 5.91 Å². The number of hydrogen-bond donors (Lipinski definition) is 2. The maximum atomic E-state index is 11.2. The van der Waals surface area contributed by atoms with Crippen LogP contribution in [0.4, 0.5) is 0 Å². The molecule has 0 radical (unpaired) electrons. The predicted octanol–water partition coefficient (Wildman–Crippen LogP) is 0.309. The number of hydrogen-bond acceptors (Lipinski definition) is 4. The zero-order valence-electron chi connectivity index (χ0n) is 11.4. The van der Waals surface area contributed by atoms with Gasteiger partial charge in [0.2, 0.25) is 5.91 Å². The maximum absolute atomic E-state index is 11.2. The molecule has 1 aromatic carbocycles. The van der Waals surface area contributed by atoms with E-state index < -0.39 is 6.61 Å². The Labute approximate surface area is 118 Å². The van der Waals surface area contributed by atoms with Crippen LogP contribution in [0.25, 0.3) is 0 Å². The number of carbonyl (C=O) groups excluding carboxylic acids is 1. The molecule has 0 saturated carbocycles. The van der Waals surface area contributed by atoms with Crippen molar-refractivity contribution in [1.82, 2.24) is 10.2 Å². The number of nitrogens with zero attached hydrogens (tertiary/aromatic N) is 1. The van der Waals surface area contributed by atoms with Gasteiger partial charge in [-0.05, 0) is 12.0 Å². The fraction of sp³-hybridized carbons (Fsp3) is 0.533. The average Bonchev–Trinajstić information content (AvgIpc) is 2.89. The number of amides is 1. The lowest BCUT2D eigenvalue weighted by atomic mass is 10.1. The number of aliphatic hydroxyl groups excluding tert-OH is 1. The van der Waals surface area contributed by atoms with Crippen molar-refractivity contribution in [2.24, 2.45) is 0 Å². The van der Waals surface area contributed by atoms with E-state index in [1.54, 1.807) is 0 Å². The fourth-order valence-corrected chi connectivity index (χ4v) is 3.12. The van der Waals surface area contributed by atoms with E-state index >= 15 is 0 Å². The van der Waals surface area contributed by atoms with E-state index in [2.05, 4.69) is 22.3 Å². The first-order valence-corrected chi connectivity index (χ1v) is 7.07. The molecule has 0 unspecified atom stereocenters. The molecule has 1 amide bonds. The van der Waals surface area contributed by atoms with E-state index in [4.69, 9.17) is 9.84 Å². The lowest BCUT2D eigenvalue weighted by molar-refractivity contribution is -0.124. The topological polar surface area (TPSA) is 61.8 Å². The molecule has 2 heterocycles. The largest absolute Gasteiger partial charge is 0.387 e. The second-order valence-electron chi connectivity index (χ2n) is 5.50. The van der Waals surface area contributed by atoms with Crippen LogP contribution in [0.2, 0.25) is 0 Å². The number of aliphatic hydroxyl groups is 1. The van der Waals surface area contributed by atoms with Crippen LogP contribution in [0.5, 0.6) is 0 Å². The lowest BCUT2D eigenvalue weighted by Crippen LogP contribution is -2.43. The van der Waals surface area contributed by atoms with Crippen LogP contribution in [0.1, 0.15) is 18.1 Å². The molecule has 2 aliphatic rings. The number of carbonyl (C=O) groups is 1. The molecule has 2 N–H and O–H groups in total. The lowest BCUT2D eigenvalue weighted by Gasteiger charge is -2.35. The minimum Gasteiger partial charge on any atom is -0.387 e. The van der Waals surface area contributed by atoms with E-state index in [9.17, 15) is 4.79 Å². The van der Waals surface area contributed by atoms with Crippen LogP contribution in [-0.2, 0) is 9.53 Å². The summed E-state index contributed by atoms with van der Waals surface area (Å²) in [7, 11) is 0. The number of rotatable bonds is 3. The average molecular weight is 276 g/mol. The summed E-state index contributed by atoms with van der Waals surface area (Å²) >= 11 is 0. The van der Waals surface area contributed by atoms with Crippen molar-refractivity contribution in [2.75, 3.05) is 26.3 Å². The summed E-state index contributed by atoms with van der Waals surface area (Å²) in [5.74, 6) is -0.296. The number of ether oxygens (including phenoxy) is 1. The molecular formula is C15H20N2O3. The molecule has 3 atom stereocenters. The predicted molar refractivity (Wildman–Crippen MR) is 74.1 cm³/mol. The van der Waals surface area contributed by atoms with Crippen LogP contribution in [0.15, 0.2) is 30.3 Å². The summed E-state index contributed by atoms with van der Waals surface area (Å²) in [6, 6.07) is 10.7. The molecule has 2 saturated heterocycles. The highest BCUT2D eigenvalue weighted by molar-refractivity contribution is 5.77. The molecule has 2 aliphatic heterocycles. The van der Waals surface area contributed by atoms with Crippen LogP contribution >= 0.6 is 0 Å². The molecule has 108 valence electrons. The first-order valence-electron chi connectivity index (χ1n) is 7.07. The van der Waals surface area contributed by atoms with Gasteiger partial charge in [0.1, 0.15) is 6.61 Å². The molecule has 0 aromatic heterocycles. The minimum absolute atomic E-state index is 0.111. The third-order valence-corrected chi connectivity index (χ3v) is 4.10. The third-order valence-electron chi connectivity index (χ3n) is 4.10. The van der Waals surface area contributed by atoms with Gasteiger partial charge in [-0.3, -0.25) is 9.69 Å². The van der Waals surface area contributed by atoms with Crippen molar-refractivity contribution in [3.8, 4) is 0 Å². The second kappa shape index (κ2) is 5.91. The highest BCUT2D eigenvalue weighted by Crippen LogP contribution is 2.30. The van der Waals surface area contributed by atoms with Crippen molar-refractivity contribution in [1.29, 1.82) is 0 Å². The van der Waals surface area contributed by atoms with Gasteiger partial charge in [0, 0.05) is 25.2 Å². The maximum Gasteiger partial charge on any atom is 0.245 e. The van der Waals surface area contributed by atoms with Crippen LogP contribution in [-0.4, -0.2) is 54.3 Å². The Morgan fingerprint density at radius 2 is 2.15 bits per heavy atom. The molecule has 5 nitrogen and oxygen atoms in total. The summed E-state index contributed by atoms with van der Waals surface area (Å²) in [5, 5.41) is 11.6. The molecule has 0 spiro atoms. The highest BCUT2D eigenvalue weighted by Gasteiger charge is 2.38. The minimum atomic E-state index is -0.440. The Bertz CT molecular complexity index is 465. The quantitative estimate of drug-likeness (QED) is 0.834. The third kappa shape index (κ3) is 2.85. The smallest absolute Gasteiger partial charge is 0.245 e. The van der Waals surface area contributed by atoms with Crippen molar-refractivity contribution < 1.29 is 14.6 Å². The van der Waals surface area contributed by atoms with Crippen molar-refractivity contribution in [3.05, 3.63) is 35.9 Å². The first kappa shape index (κ1) is 13.5. The highest BCUT2D eigenvalue weighted by atomic mass is 16.5. The van der Waals surface area contributed by atoms with Gasteiger partial charge >= 0.3 is 0 Å². The molecule has 5 heteroatoms. The molecule has 1 aromatic rings. The first-order chi connectivity index (χ1) is 9.76. The Balaban J connectivity index is 1.60. The number of morpholine rings is 1. The normalized spacial score (nSPS) is 29.9. The summed E-state index contributed by atoms with van der Waals surface area (Å²) in [6.07, 6.45) is 1.01. The standard InChI is InChI=1S/C15H20N2O3/c18-9-15(19)16-12-6-13-10-20-14(8-17(13)7-12)11-4-2-1-3-5-11/h1-5,12-14,18H,6-10H2,(H,16,19)/t12-,13+,14-/m1/s1. The summed E-state index contributed by atoms with van der Waals surface area (Å²) in [5.41, 5.74) is 1.20. The van der Waals surface area contributed by atoms with Gasteiger partial charge in [0.05, 0.1) is 12.7 Å². The molecule has 0 aliphatic carbocycles. The van der Waals surface area contributed by atoms with Crippen molar-refractivity contribution in [2.45, 2.75) is 24.6 Å². The number of fused-ring (bicyclic) bond motifs is 1. The van der Waals surface area contributed by atoms with Gasteiger partial charge in [-0.25, -0.2) is 0 Å². The summed E-state index contributed by atoms with van der Waals surface area (Å²) in [4.78, 5) is 13.6. The molecule has 20 heavy (non-hydrogen) atoms. The Kier molecular flexibility index (Phi) is 4.00. The summed E-state index contributed by atoms with van der Waals surface area (Å²) in [6.45, 7) is 1.96. The molecule has 3 rings (SSSR count). The van der Waals surface area contributed by atoms with Gasteiger partial charge in [-0.2, -0.15) is 0 Å². The van der Waals surface area contributed by atoms with Gasteiger partial charge < -0.3 is 15.2 Å². The van der Waals surface area contributed by atoms with E-state index in [0.29, 0.717) is 12.6 Å². The van der Waals surface area contributed by atoms with E-state index in [0.717, 1.165) is 19.5 Å². The SMILES string of the molecule is O=C(CO)N[C@@H]1C[C@H]2CO[C@@H](c3ccccc3)CN2C1. The number of nitrogens with one attached hydrogen (secondary N) is 1. The van der Waals surface area contributed by atoms with E-state index in [-0.39, 0.29) is 18.1 Å². The molecular weight excluding hydrogens is 256 g/mol. The van der Waals surface area contributed by atoms with Gasteiger partial charge in [0.15, 0.2) is 0 Å². The van der Waals surface area contributed by atoms with Gasteiger partial charge in [-0.1, -0.05) is 30.3 Å². The van der Waals surface area contributed by atoms with Gasteiger partial charge in [0.25, 0.3) is 0 Å². The monoisotopic (exact) mass is 276 g/mol. The molecule has 2 fully saturated rings. The van der Waals surface area contributed by atoms with Crippen LogP contribution in [0, 0.1) is 0 Å². The Morgan fingerprint density at radius 3 is 2.90 bits per heavy atom. The van der Waals surface area contributed by atoms with E-state index in [1.165, 1.54) is 5.56 Å². The van der Waals surface area contributed by atoms with E-state index in [1.807, 2.05) is 18.2 Å². The second-order valence-corrected chi connectivity index (χ2v) is 5.50. The Hall–Kier alpha value is -1.43. The van der Waals surface area contributed by atoms with Crippen molar-refractivity contribution in [3.63, 3.8) is 0 Å². The Morgan fingerprint density at radius 1 is 1.35 bits per heavy atom. The zero-order valence-corrected chi connectivity index (χ0v) is 11.4. The summed E-state index contributed by atoms with van der Waals surface area (Å²) < 4.78 is 5.95. The molecule has 0 bridgehead atoms. The van der Waals surface area contributed by atoms with Gasteiger partial charge in [-0.15, -0.1) is 0 Å². The number of benzene rings is 1.